The summed E-state index contributed by atoms with van der Waals surface area (Å²) in [6.45, 7) is 3.62. The van der Waals surface area contributed by atoms with Gasteiger partial charge in [-0.2, -0.15) is 5.10 Å². The molecular formula is C23H21N3O4S. The largest absolute Gasteiger partial charge is 0.493 e. The Morgan fingerprint density at radius 1 is 1.03 bits per heavy atom. The van der Waals surface area contributed by atoms with Crippen LogP contribution in [0.4, 0.5) is 0 Å². The molecule has 2 aromatic heterocycles. The van der Waals surface area contributed by atoms with Gasteiger partial charge in [-0.1, -0.05) is 29.8 Å². The van der Waals surface area contributed by atoms with Crippen molar-refractivity contribution in [3.8, 4) is 22.8 Å². The number of ketones is 1. The lowest BCUT2D eigenvalue weighted by molar-refractivity contribution is 0.0966. The van der Waals surface area contributed by atoms with E-state index in [4.69, 9.17) is 9.47 Å². The molecular weight excluding hydrogens is 414 g/mol. The van der Waals surface area contributed by atoms with Crippen molar-refractivity contribution in [1.29, 1.82) is 0 Å². The summed E-state index contributed by atoms with van der Waals surface area (Å²) < 4.78 is 12.6. The highest BCUT2D eigenvalue weighted by Gasteiger charge is 2.19. The van der Waals surface area contributed by atoms with E-state index in [0.717, 1.165) is 16.1 Å². The third-order valence-electron chi connectivity index (χ3n) is 4.93. The molecule has 0 aliphatic heterocycles. The van der Waals surface area contributed by atoms with Gasteiger partial charge < -0.3 is 9.47 Å². The number of aryl methyl sites for hydroxylation is 2. The van der Waals surface area contributed by atoms with E-state index in [1.54, 1.807) is 38.5 Å². The van der Waals surface area contributed by atoms with E-state index >= 15 is 0 Å². The number of benzene rings is 2. The smallest absolute Gasteiger partial charge is 0.294 e. The Kier molecular flexibility index (Phi) is 5.56. The Balaban J connectivity index is 1.85. The van der Waals surface area contributed by atoms with Gasteiger partial charge in [-0.25, -0.2) is 9.67 Å². The second-order valence-electron chi connectivity index (χ2n) is 7.08. The highest BCUT2D eigenvalue weighted by molar-refractivity contribution is 7.19. The average Bonchev–Trinajstić information content (AvgIpc) is 3.17. The van der Waals surface area contributed by atoms with E-state index in [2.05, 4.69) is 10.1 Å². The van der Waals surface area contributed by atoms with Gasteiger partial charge in [0.25, 0.3) is 5.56 Å². The molecule has 7 nitrogen and oxygen atoms in total. The molecule has 4 rings (SSSR count). The third-order valence-corrected chi connectivity index (χ3v) is 5.91. The predicted octanol–water partition coefficient (Wildman–Crippen LogP) is 4.04. The zero-order valence-electron chi connectivity index (χ0n) is 17.6. The zero-order chi connectivity index (χ0) is 22.1. The molecule has 0 atom stereocenters. The van der Waals surface area contributed by atoms with Crippen molar-refractivity contribution < 1.29 is 14.3 Å². The van der Waals surface area contributed by atoms with Gasteiger partial charge in [0.2, 0.25) is 0 Å². The molecule has 4 aromatic rings. The number of thiazole rings is 1. The minimum atomic E-state index is -0.385. The summed E-state index contributed by atoms with van der Waals surface area (Å²) in [7, 11) is 3.13. The number of ether oxygens (including phenoxy) is 2. The highest BCUT2D eigenvalue weighted by atomic mass is 32.1. The predicted molar refractivity (Wildman–Crippen MR) is 120 cm³/mol. The monoisotopic (exact) mass is 435 g/mol. The number of methoxy groups -OCH3 is 2. The number of hydrogen-bond acceptors (Lipinski definition) is 7. The molecule has 0 saturated heterocycles. The van der Waals surface area contributed by atoms with Gasteiger partial charge in [-0.3, -0.25) is 9.59 Å². The number of hydrogen-bond donors (Lipinski definition) is 0. The lowest BCUT2D eigenvalue weighted by atomic mass is 10.1. The first kappa shape index (κ1) is 20.7. The Morgan fingerprint density at radius 3 is 2.42 bits per heavy atom. The molecule has 0 fully saturated rings. The highest BCUT2D eigenvalue weighted by Crippen LogP contribution is 2.35. The van der Waals surface area contributed by atoms with Crippen LogP contribution in [-0.2, 0) is 6.54 Å². The third kappa shape index (κ3) is 3.94. The summed E-state index contributed by atoms with van der Waals surface area (Å²) in [4.78, 5) is 30.2. The summed E-state index contributed by atoms with van der Waals surface area (Å²) in [5.41, 5.74) is 2.81. The minimum absolute atomic E-state index is 0.172. The van der Waals surface area contributed by atoms with Gasteiger partial charge in [0.15, 0.2) is 22.8 Å². The molecule has 0 aliphatic rings. The number of Topliss-reactive ketones (excluding diaryl/α,β-unsaturated/α-hetero) is 1. The molecule has 158 valence electrons. The normalized spacial score (nSPS) is 11.0. The van der Waals surface area contributed by atoms with Crippen molar-refractivity contribution >= 4 is 27.3 Å². The molecule has 0 amide bonds. The summed E-state index contributed by atoms with van der Waals surface area (Å²) in [5.74, 6) is 0.940. The van der Waals surface area contributed by atoms with Gasteiger partial charge in [0.05, 0.1) is 23.9 Å². The SMILES string of the molecule is COc1ccc(-c2nn(CC(=O)c3ccc(C)cc3)c(=O)c3nc(C)sc23)cc1OC. The van der Waals surface area contributed by atoms with Crippen molar-refractivity contribution in [2.75, 3.05) is 14.2 Å². The lowest BCUT2D eigenvalue weighted by Crippen LogP contribution is -2.27. The van der Waals surface area contributed by atoms with E-state index in [9.17, 15) is 9.59 Å². The molecule has 8 heteroatoms. The van der Waals surface area contributed by atoms with Crippen LogP contribution in [-0.4, -0.2) is 34.8 Å². The van der Waals surface area contributed by atoms with E-state index in [1.165, 1.54) is 16.0 Å². The molecule has 0 unspecified atom stereocenters. The topological polar surface area (TPSA) is 83.3 Å². The molecule has 0 N–H and O–H groups in total. The zero-order valence-corrected chi connectivity index (χ0v) is 18.4. The first-order valence-corrected chi connectivity index (χ1v) is 10.4. The number of carbonyl (C=O) groups is 1. The quantitative estimate of drug-likeness (QED) is 0.425. The number of carbonyl (C=O) groups excluding carboxylic acids is 1. The molecule has 2 heterocycles. The van der Waals surface area contributed by atoms with Crippen molar-refractivity contribution in [3.05, 3.63) is 69.0 Å². The van der Waals surface area contributed by atoms with Crippen LogP contribution in [0.25, 0.3) is 21.5 Å². The van der Waals surface area contributed by atoms with Crippen molar-refractivity contribution in [2.24, 2.45) is 0 Å². The van der Waals surface area contributed by atoms with Gasteiger partial charge in [-0.15, -0.1) is 11.3 Å². The minimum Gasteiger partial charge on any atom is -0.493 e. The average molecular weight is 436 g/mol. The molecule has 0 aliphatic carbocycles. The van der Waals surface area contributed by atoms with Crippen LogP contribution in [0.2, 0.25) is 0 Å². The fourth-order valence-electron chi connectivity index (χ4n) is 3.31. The van der Waals surface area contributed by atoms with E-state index in [0.29, 0.717) is 33.0 Å². The maximum atomic E-state index is 13.0. The molecule has 0 radical (unpaired) electrons. The Labute approximate surface area is 182 Å². The van der Waals surface area contributed by atoms with Crippen LogP contribution in [0, 0.1) is 13.8 Å². The van der Waals surface area contributed by atoms with Crippen LogP contribution >= 0.6 is 11.3 Å². The second-order valence-corrected chi connectivity index (χ2v) is 8.28. The lowest BCUT2D eigenvalue weighted by Gasteiger charge is -2.11. The second kappa shape index (κ2) is 8.31. The first-order valence-electron chi connectivity index (χ1n) is 9.61. The van der Waals surface area contributed by atoms with Crippen LogP contribution in [0.5, 0.6) is 11.5 Å². The maximum absolute atomic E-state index is 13.0. The molecule has 0 saturated carbocycles. The van der Waals surface area contributed by atoms with Crippen molar-refractivity contribution in [1.82, 2.24) is 14.8 Å². The van der Waals surface area contributed by atoms with E-state index in [-0.39, 0.29) is 17.9 Å². The molecule has 2 aromatic carbocycles. The molecule has 31 heavy (non-hydrogen) atoms. The fourth-order valence-corrected chi connectivity index (χ4v) is 4.23. The summed E-state index contributed by atoms with van der Waals surface area (Å²) in [6.07, 6.45) is 0. The van der Waals surface area contributed by atoms with Crippen LogP contribution in [0.1, 0.15) is 20.9 Å². The van der Waals surface area contributed by atoms with Crippen molar-refractivity contribution in [2.45, 2.75) is 20.4 Å². The van der Waals surface area contributed by atoms with E-state index < -0.39 is 0 Å². The van der Waals surface area contributed by atoms with Crippen LogP contribution < -0.4 is 15.0 Å². The van der Waals surface area contributed by atoms with Crippen LogP contribution in [0.3, 0.4) is 0 Å². The van der Waals surface area contributed by atoms with Gasteiger partial charge in [0.1, 0.15) is 12.2 Å². The van der Waals surface area contributed by atoms with Crippen molar-refractivity contribution in [3.63, 3.8) is 0 Å². The molecule has 0 bridgehead atoms. The number of aromatic nitrogens is 3. The first-order chi connectivity index (χ1) is 14.9. The fraction of sp³-hybridized carbons (Fsp3) is 0.217. The van der Waals surface area contributed by atoms with Gasteiger partial charge >= 0.3 is 0 Å². The Bertz CT molecular complexity index is 1340. The summed E-state index contributed by atoms with van der Waals surface area (Å²) >= 11 is 1.39. The summed E-state index contributed by atoms with van der Waals surface area (Å²) in [5, 5.41) is 5.30. The van der Waals surface area contributed by atoms with Crippen LogP contribution in [0.15, 0.2) is 47.3 Å². The number of fused-ring (bicyclic) bond motifs is 1. The maximum Gasteiger partial charge on any atom is 0.294 e. The Morgan fingerprint density at radius 2 is 1.74 bits per heavy atom. The Hall–Kier alpha value is -3.52. The standard InChI is InChI=1S/C23H21N3O4S/c1-13-5-7-15(8-6-13)17(27)12-26-23(28)21-22(31-14(2)24-21)20(25-26)16-9-10-18(29-3)19(11-16)30-4/h5-11H,12H2,1-4H3. The van der Waals surface area contributed by atoms with Gasteiger partial charge in [-0.05, 0) is 32.0 Å². The van der Waals surface area contributed by atoms with Gasteiger partial charge in [0, 0.05) is 11.1 Å². The number of rotatable bonds is 6. The number of nitrogens with zero attached hydrogens (tertiary/aromatic N) is 3. The van der Waals surface area contributed by atoms with E-state index in [1.807, 2.05) is 32.0 Å². The summed E-state index contributed by atoms with van der Waals surface area (Å²) in [6, 6.07) is 12.7. The molecule has 0 spiro atoms.